The third-order valence-corrected chi connectivity index (χ3v) is 3.13. The second-order valence-corrected chi connectivity index (χ2v) is 7.25. The third kappa shape index (κ3) is 4.84. The molecule has 1 rings (SSSR count). The van der Waals surface area contributed by atoms with E-state index in [4.69, 9.17) is 5.11 Å². The van der Waals surface area contributed by atoms with E-state index >= 15 is 0 Å². The second-order valence-electron chi connectivity index (χ2n) is 7.25. The molecule has 21 heavy (non-hydrogen) atoms. The van der Waals surface area contributed by atoms with Crippen LogP contribution in [0.3, 0.4) is 0 Å². The summed E-state index contributed by atoms with van der Waals surface area (Å²) in [6.45, 7) is 11.5. The summed E-state index contributed by atoms with van der Waals surface area (Å²) in [7, 11) is 0. The van der Waals surface area contributed by atoms with Crippen molar-refractivity contribution in [3.05, 3.63) is 11.6 Å². The Morgan fingerprint density at radius 1 is 1.24 bits per heavy atom. The molecule has 0 aromatic carbocycles. The van der Waals surface area contributed by atoms with Crippen LogP contribution in [-0.2, 0) is 10.2 Å². The van der Waals surface area contributed by atoms with Crippen molar-refractivity contribution in [2.75, 3.05) is 0 Å². The van der Waals surface area contributed by atoms with Crippen LogP contribution in [0.15, 0.2) is 0 Å². The zero-order chi connectivity index (χ0) is 16.4. The Bertz CT molecular complexity index is 523. The van der Waals surface area contributed by atoms with Gasteiger partial charge in [-0.3, -0.25) is 14.7 Å². The number of nitrogens with zero attached hydrogens (tertiary/aromatic N) is 2. The molecule has 7 nitrogen and oxygen atoms in total. The Hall–Kier alpha value is -1.92. The molecule has 0 fully saturated rings. The van der Waals surface area contributed by atoms with Crippen LogP contribution in [0.4, 0.5) is 0 Å². The summed E-state index contributed by atoms with van der Waals surface area (Å²) in [6.07, 6.45) is -0.147. The van der Waals surface area contributed by atoms with Gasteiger partial charge in [0.25, 0.3) is 5.91 Å². The molecule has 1 aromatic heterocycles. The number of rotatable bonds is 4. The van der Waals surface area contributed by atoms with Crippen molar-refractivity contribution in [1.82, 2.24) is 20.5 Å². The van der Waals surface area contributed by atoms with E-state index in [0.29, 0.717) is 5.82 Å². The van der Waals surface area contributed by atoms with E-state index in [9.17, 15) is 9.59 Å². The summed E-state index contributed by atoms with van der Waals surface area (Å²) in [5.41, 5.74) is -0.618. The predicted octanol–water partition coefficient (Wildman–Crippen LogP) is 1.72. The van der Waals surface area contributed by atoms with Crippen LogP contribution >= 0.6 is 0 Å². The first-order valence-corrected chi connectivity index (χ1v) is 6.87. The molecule has 1 unspecified atom stereocenters. The van der Waals surface area contributed by atoms with Gasteiger partial charge in [0.05, 0.1) is 6.42 Å². The summed E-state index contributed by atoms with van der Waals surface area (Å²) >= 11 is 0. The van der Waals surface area contributed by atoms with E-state index in [1.54, 1.807) is 0 Å². The summed E-state index contributed by atoms with van der Waals surface area (Å²) in [6, 6.07) is -0.501. The predicted molar refractivity (Wildman–Crippen MR) is 78.0 cm³/mol. The minimum atomic E-state index is -0.958. The minimum absolute atomic E-state index is 0.0274. The molecular weight excluding hydrogens is 272 g/mol. The first-order valence-electron chi connectivity index (χ1n) is 6.87. The zero-order valence-corrected chi connectivity index (χ0v) is 13.4. The molecule has 0 aliphatic rings. The maximum atomic E-state index is 12.2. The van der Waals surface area contributed by atoms with Gasteiger partial charge in [0, 0.05) is 11.5 Å². The van der Waals surface area contributed by atoms with Gasteiger partial charge in [-0.1, -0.05) is 41.5 Å². The number of aliphatic carboxylic acids is 1. The average molecular weight is 296 g/mol. The molecule has 0 radical (unpaired) electrons. The van der Waals surface area contributed by atoms with Crippen LogP contribution in [0.5, 0.6) is 0 Å². The SMILES string of the molecule is CC(C)(C)c1nc(C(=O)NC(CC(=O)O)C(C)(C)C)n[nH]1. The van der Waals surface area contributed by atoms with Crippen molar-refractivity contribution in [1.29, 1.82) is 0 Å². The van der Waals surface area contributed by atoms with Gasteiger partial charge >= 0.3 is 5.97 Å². The van der Waals surface area contributed by atoms with Gasteiger partial charge in [-0.25, -0.2) is 4.98 Å². The fourth-order valence-electron chi connectivity index (χ4n) is 1.67. The standard InChI is InChI=1S/C14H24N4O3/c1-13(2,3)8(7-9(19)20)15-11(21)10-16-12(18-17-10)14(4,5)6/h8H,7H2,1-6H3,(H,15,21)(H,19,20)(H,16,17,18). The summed E-state index contributed by atoms with van der Waals surface area (Å²) in [5, 5.41) is 18.3. The second kappa shape index (κ2) is 5.83. The van der Waals surface area contributed by atoms with Gasteiger partial charge in [0.1, 0.15) is 5.82 Å². The van der Waals surface area contributed by atoms with Gasteiger partial charge in [-0.15, -0.1) is 5.10 Å². The lowest BCUT2D eigenvalue weighted by Crippen LogP contribution is -2.45. The minimum Gasteiger partial charge on any atom is -0.481 e. The number of amides is 1. The molecule has 0 spiro atoms. The third-order valence-electron chi connectivity index (χ3n) is 3.13. The van der Waals surface area contributed by atoms with Gasteiger partial charge in [-0.2, -0.15) is 0 Å². The number of carbonyl (C=O) groups is 2. The smallest absolute Gasteiger partial charge is 0.305 e. The molecule has 0 aliphatic heterocycles. The Morgan fingerprint density at radius 2 is 1.81 bits per heavy atom. The number of carboxylic acid groups (broad SMARTS) is 1. The fraction of sp³-hybridized carbons (Fsp3) is 0.714. The number of aromatic nitrogens is 3. The van der Waals surface area contributed by atoms with E-state index in [-0.39, 0.29) is 23.1 Å². The summed E-state index contributed by atoms with van der Waals surface area (Å²) < 4.78 is 0. The monoisotopic (exact) mass is 296 g/mol. The molecule has 0 saturated heterocycles. The highest BCUT2D eigenvalue weighted by molar-refractivity contribution is 5.90. The molecule has 0 saturated carbocycles. The van der Waals surface area contributed by atoms with Gasteiger partial charge in [-0.05, 0) is 5.41 Å². The van der Waals surface area contributed by atoms with Crippen molar-refractivity contribution in [2.24, 2.45) is 5.41 Å². The lowest BCUT2D eigenvalue weighted by Gasteiger charge is -2.29. The number of carbonyl (C=O) groups excluding carboxylic acids is 1. The van der Waals surface area contributed by atoms with Crippen LogP contribution < -0.4 is 5.32 Å². The molecule has 7 heteroatoms. The largest absolute Gasteiger partial charge is 0.481 e. The number of hydrogen-bond acceptors (Lipinski definition) is 4. The lowest BCUT2D eigenvalue weighted by molar-refractivity contribution is -0.138. The van der Waals surface area contributed by atoms with Gasteiger partial charge in [0.15, 0.2) is 0 Å². The molecule has 0 bridgehead atoms. The van der Waals surface area contributed by atoms with Crippen LogP contribution in [-0.4, -0.2) is 38.2 Å². The molecule has 1 atom stereocenters. The van der Waals surface area contributed by atoms with Crippen molar-refractivity contribution < 1.29 is 14.7 Å². The van der Waals surface area contributed by atoms with Crippen LogP contribution in [0.1, 0.15) is 64.4 Å². The number of aromatic amines is 1. The quantitative estimate of drug-likeness (QED) is 0.784. The van der Waals surface area contributed by atoms with E-state index in [1.807, 2.05) is 41.5 Å². The Kier molecular flexibility index (Phi) is 4.76. The normalized spacial score (nSPS) is 13.8. The highest BCUT2D eigenvalue weighted by Gasteiger charge is 2.30. The average Bonchev–Trinajstić information content (AvgIpc) is 2.74. The highest BCUT2D eigenvalue weighted by atomic mass is 16.4. The topological polar surface area (TPSA) is 108 Å². The molecule has 1 amide bonds. The summed E-state index contributed by atoms with van der Waals surface area (Å²) in [4.78, 5) is 27.3. The number of carboxylic acids is 1. The molecule has 1 heterocycles. The van der Waals surface area contributed by atoms with E-state index in [2.05, 4.69) is 20.5 Å². The fourth-order valence-corrected chi connectivity index (χ4v) is 1.67. The highest BCUT2D eigenvalue weighted by Crippen LogP contribution is 2.22. The van der Waals surface area contributed by atoms with Crippen molar-refractivity contribution in [3.8, 4) is 0 Å². The van der Waals surface area contributed by atoms with E-state index in [1.165, 1.54) is 0 Å². The first kappa shape index (κ1) is 17.1. The molecule has 3 N–H and O–H groups in total. The van der Waals surface area contributed by atoms with Crippen LogP contribution in [0.2, 0.25) is 0 Å². The van der Waals surface area contributed by atoms with E-state index < -0.39 is 17.9 Å². The Balaban J connectivity index is 2.87. The van der Waals surface area contributed by atoms with E-state index in [0.717, 1.165) is 0 Å². The number of nitrogens with one attached hydrogen (secondary N) is 2. The maximum Gasteiger partial charge on any atom is 0.305 e. The van der Waals surface area contributed by atoms with Crippen LogP contribution in [0.25, 0.3) is 0 Å². The van der Waals surface area contributed by atoms with Crippen LogP contribution in [0, 0.1) is 5.41 Å². The van der Waals surface area contributed by atoms with Crippen molar-refractivity contribution in [2.45, 2.75) is 59.4 Å². The first-order chi connectivity index (χ1) is 9.41. The number of H-pyrrole nitrogens is 1. The van der Waals surface area contributed by atoms with Gasteiger partial charge in [0.2, 0.25) is 5.82 Å². The Labute approximate surface area is 124 Å². The number of hydrogen-bond donors (Lipinski definition) is 3. The van der Waals surface area contributed by atoms with Gasteiger partial charge < -0.3 is 10.4 Å². The molecular formula is C14H24N4O3. The maximum absolute atomic E-state index is 12.2. The van der Waals surface area contributed by atoms with Crippen molar-refractivity contribution in [3.63, 3.8) is 0 Å². The van der Waals surface area contributed by atoms with Crippen molar-refractivity contribution >= 4 is 11.9 Å². The molecule has 0 aliphatic carbocycles. The lowest BCUT2D eigenvalue weighted by atomic mass is 9.84. The molecule has 1 aromatic rings. The summed E-state index contributed by atoms with van der Waals surface area (Å²) in [5.74, 6) is -0.790. The molecule has 118 valence electrons. The Morgan fingerprint density at radius 3 is 2.19 bits per heavy atom. The zero-order valence-electron chi connectivity index (χ0n) is 13.4.